The summed E-state index contributed by atoms with van der Waals surface area (Å²) >= 11 is 0. The summed E-state index contributed by atoms with van der Waals surface area (Å²) in [6.45, 7) is 11.3. The van der Waals surface area contributed by atoms with Crippen molar-refractivity contribution in [1.82, 2.24) is 15.1 Å². The summed E-state index contributed by atoms with van der Waals surface area (Å²) < 4.78 is 13.0. The summed E-state index contributed by atoms with van der Waals surface area (Å²) in [5.41, 5.74) is 0.990. The maximum atomic E-state index is 13.0. The van der Waals surface area contributed by atoms with E-state index in [9.17, 15) is 9.18 Å². The minimum absolute atomic E-state index is 0.105. The largest absolute Gasteiger partial charge is 0.350 e. The highest BCUT2D eigenvalue weighted by Gasteiger charge is 2.21. The van der Waals surface area contributed by atoms with Crippen LogP contribution in [0.4, 0.5) is 4.39 Å². The van der Waals surface area contributed by atoms with Gasteiger partial charge in [0.25, 0.3) is 0 Å². The van der Waals surface area contributed by atoms with Crippen molar-refractivity contribution in [2.45, 2.75) is 45.7 Å². The van der Waals surface area contributed by atoms with Gasteiger partial charge in [0.15, 0.2) is 0 Å². The minimum Gasteiger partial charge on any atom is -0.350 e. The lowest BCUT2D eigenvalue weighted by molar-refractivity contribution is -0.123. The number of rotatable bonds is 6. The van der Waals surface area contributed by atoms with Crippen molar-refractivity contribution in [1.29, 1.82) is 0 Å². The van der Waals surface area contributed by atoms with E-state index >= 15 is 0 Å². The first-order chi connectivity index (χ1) is 11.4. The Kier molecular flexibility index (Phi) is 6.75. The number of hydrogen-bond acceptors (Lipinski definition) is 3. The SMILES string of the molecule is CCC(C)(C)NC(=O)CN1CCCN(Cc2ccc(F)cc2)CC1. The number of nitrogens with one attached hydrogen (secondary N) is 1. The van der Waals surface area contributed by atoms with E-state index in [1.165, 1.54) is 12.1 Å². The number of benzene rings is 1. The third-order valence-electron chi connectivity index (χ3n) is 4.73. The molecule has 1 fully saturated rings. The van der Waals surface area contributed by atoms with Crippen LogP contribution in [0.15, 0.2) is 24.3 Å². The van der Waals surface area contributed by atoms with E-state index in [2.05, 4.69) is 35.9 Å². The third kappa shape index (κ3) is 6.21. The first-order valence-electron chi connectivity index (χ1n) is 8.88. The fraction of sp³-hybridized carbons (Fsp3) is 0.632. The van der Waals surface area contributed by atoms with Crippen molar-refractivity contribution in [2.75, 3.05) is 32.7 Å². The van der Waals surface area contributed by atoms with Crippen LogP contribution < -0.4 is 5.32 Å². The van der Waals surface area contributed by atoms with Gasteiger partial charge in [-0.15, -0.1) is 0 Å². The second-order valence-electron chi connectivity index (χ2n) is 7.32. The third-order valence-corrected chi connectivity index (χ3v) is 4.73. The van der Waals surface area contributed by atoms with Gasteiger partial charge in [-0.1, -0.05) is 19.1 Å². The van der Waals surface area contributed by atoms with E-state index in [1.54, 1.807) is 0 Å². The van der Waals surface area contributed by atoms with Crippen LogP contribution in [0.25, 0.3) is 0 Å². The lowest BCUT2D eigenvalue weighted by Gasteiger charge is -2.27. The Hall–Kier alpha value is -1.46. The maximum absolute atomic E-state index is 13.0. The van der Waals surface area contributed by atoms with Crippen molar-refractivity contribution < 1.29 is 9.18 Å². The van der Waals surface area contributed by atoms with Crippen molar-refractivity contribution in [3.8, 4) is 0 Å². The van der Waals surface area contributed by atoms with Crippen LogP contribution in [-0.2, 0) is 11.3 Å². The monoisotopic (exact) mass is 335 g/mol. The van der Waals surface area contributed by atoms with Gasteiger partial charge in [0.1, 0.15) is 5.82 Å². The van der Waals surface area contributed by atoms with E-state index in [1.807, 2.05) is 12.1 Å². The number of hydrogen-bond donors (Lipinski definition) is 1. The number of halogens is 1. The van der Waals surface area contributed by atoms with Gasteiger partial charge in [-0.2, -0.15) is 0 Å². The smallest absolute Gasteiger partial charge is 0.234 e. The maximum Gasteiger partial charge on any atom is 0.234 e. The molecule has 24 heavy (non-hydrogen) atoms. The fourth-order valence-corrected chi connectivity index (χ4v) is 2.90. The predicted molar refractivity (Wildman–Crippen MR) is 95.2 cm³/mol. The van der Waals surface area contributed by atoms with Crippen molar-refractivity contribution in [3.63, 3.8) is 0 Å². The lowest BCUT2D eigenvalue weighted by Crippen LogP contribution is -2.47. The summed E-state index contributed by atoms with van der Waals surface area (Å²) in [6.07, 6.45) is 1.97. The summed E-state index contributed by atoms with van der Waals surface area (Å²) in [5, 5.41) is 3.10. The molecule has 4 nitrogen and oxygen atoms in total. The average molecular weight is 335 g/mol. The van der Waals surface area contributed by atoms with E-state index in [0.29, 0.717) is 6.54 Å². The molecule has 0 aromatic heterocycles. The van der Waals surface area contributed by atoms with Crippen LogP contribution in [0.3, 0.4) is 0 Å². The Bertz CT molecular complexity index is 530. The molecule has 1 amide bonds. The topological polar surface area (TPSA) is 35.6 Å². The van der Waals surface area contributed by atoms with Crippen LogP contribution in [0, 0.1) is 5.82 Å². The Balaban J connectivity index is 1.79. The Morgan fingerprint density at radius 2 is 1.75 bits per heavy atom. The number of nitrogens with zero attached hydrogens (tertiary/aromatic N) is 2. The molecule has 1 saturated heterocycles. The summed E-state index contributed by atoms with van der Waals surface area (Å²) in [6, 6.07) is 6.72. The lowest BCUT2D eigenvalue weighted by atomic mass is 10.0. The van der Waals surface area contributed by atoms with Gasteiger partial charge in [-0.05, 0) is 57.5 Å². The average Bonchev–Trinajstić information content (AvgIpc) is 2.74. The molecular formula is C19H30FN3O. The molecule has 0 bridgehead atoms. The highest BCUT2D eigenvalue weighted by Crippen LogP contribution is 2.11. The van der Waals surface area contributed by atoms with Gasteiger partial charge in [0, 0.05) is 25.2 Å². The molecule has 0 aliphatic carbocycles. The summed E-state index contributed by atoms with van der Waals surface area (Å²) in [7, 11) is 0. The van der Waals surface area contributed by atoms with E-state index in [-0.39, 0.29) is 17.3 Å². The normalized spacial score (nSPS) is 17.5. The van der Waals surface area contributed by atoms with Gasteiger partial charge in [0.2, 0.25) is 5.91 Å². The molecular weight excluding hydrogens is 305 g/mol. The van der Waals surface area contributed by atoms with Gasteiger partial charge < -0.3 is 5.32 Å². The molecule has 1 aliphatic rings. The molecule has 134 valence electrons. The molecule has 0 spiro atoms. The molecule has 1 aromatic rings. The zero-order chi connectivity index (χ0) is 17.6. The van der Waals surface area contributed by atoms with Gasteiger partial charge in [-0.3, -0.25) is 14.6 Å². The predicted octanol–water partition coefficient (Wildman–Crippen LogP) is 2.64. The molecule has 0 unspecified atom stereocenters. The molecule has 1 heterocycles. The molecule has 2 rings (SSSR count). The molecule has 5 heteroatoms. The quantitative estimate of drug-likeness (QED) is 0.868. The molecule has 0 radical (unpaired) electrons. The van der Waals surface area contributed by atoms with E-state index < -0.39 is 0 Å². The van der Waals surface area contributed by atoms with Crippen LogP contribution >= 0.6 is 0 Å². The van der Waals surface area contributed by atoms with Crippen LogP contribution in [0.2, 0.25) is 0 Å². The summed E-state index contributed by atoms with van der Waals surface area (Å²) in [4.78, 5) is 16.8. The minimum atomic E-state index is -0.193. The first kappa shape index (κ1) is 18.9. The fourth-order valence-electron chi connectivity index (χ4n) is 2.90. The summed E-state index contributed by atoms with van der Waals surface area (Å²) in [5.74, 6) is -0.0874. The van der Waals surface area contributed by atoms with Crippen LogP contribution in [-0.4, -0.2) is 54.0 Å². The Labute approximate surface area is 145 Å². The highest BCUT2D eigenvalue weighted by atomic mass is 19.1. The number of amides is 1. The number of carbonyl (C=O) groups is 1. The molecule has 1 aliphatic heterocycles. The zero-order valence-electron chi connectivity index (χ0n) is 15.1. The van der Waals surface area contributed by atoms with Crippen LogP contribution in [0.1, 0.15) is 39.2 Å². The van der Waals surface area contributed by atoms with E-state index in [4.69, 9.17) is 0 Å². The Morgan fingerprint density at radius 3 is 2.42 bits per heavy atom. The van der Waals surface area contributed by atoms with Crippen molar-refractivity contribution in [2.24, 2.45) is 0 Å². The van der Waals surface area contributed by atoms with E-state index in [0.717, 1.165) is 51.1 Å². The highest BCUT2D eigenvalue weighted by molar-refractivity contribution is 5.78. The zero-order valence-corrected chi connectivity index (χ0v) is 15.1. The second-order valence-corrected chi connectivity index (χ2v) is 7.32. The van der Waals surface area contributed by atoms with Gasteiger partial charge in [0.05, 0.1) is 6.54 Å². The molecule has 1 aromatic carbocycles. The Morgan fingerprint density at radius 1 is 1.12 bits per heavy atom. The standard InChI is InChI=1S/C19H30FN3O/c1-4-19(2,3)21-18(24)15-23-11-5-10-22(12-13-23)14-16-6-8-17(20)9-7-16/h6-9H,4-5,10-15H2,1-3H3,(H,21,24). The molecule has 0 atom stereocenters. The second kappa shape index (κ2) is 8.58. The molecule has 0 saturated carbocycles. The van der Waals surface area contributed by atoms with Gasteiger partial charge in [-0.25, -0.2) is 4.39 Å². The first-order valence-corrected chi connectivity index (χ1v) is 8.88. The molecule has 1 N–H and O–H groups in total. The van der Waals surface area contributed by atoms with Crippen molar-refractivity contribution in [3.05, 3.63) is 35.6 Å². The van der Waals surface area contributed by atoms with Crippen LogP contribution in [0.5, 0.6) is 0 Å². The van der Waals surface area contributed by atoms with Gasteiger partial charge >= 0.3 is 0 Å². The number of carbonyl (C=O) groups excluding carboxylic acids is 1. The van der Waals surface area contributed by atoms with Crippen molar-refractivity contribution >= 4 is 5.91 Å².